The van der Waals surface area contributed by atoms with Gasteiger partial charge in [0.05, 0.1) is 36.6 Å². The fourth-order valence-electron chi connectivity index (χ4n) is 7.74. The Bertz CT molecular complexity index is 1270. The highest BCUT2D eigenvalue weighted by molar-refractivity contribution is 5.98. The van der Waals surface area contributed by atoms with Gasteiger partial charge in [-0.05, 0) is 51.5 Å². The summed E-state index contributed by atoms with van der Waals surface area (Å²) in [5.41, 5.74) is -0.515. The first kappa shape index (κ1) is 35.4. The van der Waals surface area contributed by atoms with Gasteiger partial charge >= 0.3 is 5.97 Å². The second-order valence-electron chi connectivity index (χ2n) is 12.9. The van der Waals surface area contributed by atoms with Crippen LogP contribution in [-0.4, -0.2) is 87.6 Å². The third kappa shape index (κ3) is 6.65. The first-order valence-electron chi connectivity index (χ1n) is 16.8. The third-order valence-corrected chi connectivity index (χ3v) is 9.96. The molecule has 1 unspecified atom stereocenters. The summed E-state index contributed by atoms with van der Waals surface area (Å²) < 4.78 is 12.8. The van der Waals surface area contributed by atoms with E-state index in [9.17, 15) is 24.3 Å². The third-order valence-electron chi connectivity index (χ3n) is 9.96. The van der Waals surface area contributed by atoms with Crippen molar-refractivity contribution in [1.82, 2.24) is 15.1 Å². The standard InChI is InChI=1S/C36H51N3O7/c1-7-11-18-28(41)37-24(6)31(25-16-13-12-14-17-25)45-35(44)29-27-19-20-36(46-27)30(29)33(42)39(26(10-4)22-40)32(36)34(43)38(21-9-3)23(5)15-8-2/h7,9,12-14,16-17,23-24,26-27,29-32,40H,1,3,8,10-11,15,18-22H2,2,4-6H3,(H,37,41)/t23?,24-,26-,27+,29-,30-,31-,32+,36-/m0/s1. The van der Waals surface area contributed by atoms with Crippen LogP contribution < -0.4 is 5.32 Å². The molecule has 46 heavy (non-hydrogen) atoms. The van der Waals surface area contributed by atoms with Gasteiger partial charge in [-0.15, -0.1) is 13.2 Å². The Morgan fingerprint density at radius 1 is 1.20 bits per heavy atom. The maximum Gasteiger partial charge on any atom is 0.313 e. The van der Waals surface area contributed by atoms with Crippen LogP contribution >= 0.6 is 0 Å². The number of ether oxygens (including phenoxy) is 2. The van der Waals surface area contributed by atoms with Crippen molar-refractivity contribution < 1.29 is 33.8 Å². The van der Waals surface area contributed by atoms with Crippen LogP contribution in [-0.2, 0) is 28.7 Å². The Morgan fingerprint density at radius 2 is 1.91 bits per heavy atom. The number of carbonyl (C=O) groups excluding carboxylic acids is 4. The largest absolute Gasteiger partial charge is 0.455 e. The van der Waals surface area contributed by atoms with E-state index in [2.05, 4.69) is 25.4 Å². The van der Waals surface area contributed by atoms with Gasteiger partial charge in [-0.1, -0.05) is 62.8 Å². The monoisotopic (exact) mass is 637 g/mol. The zero-order valence-corrected chi connectivity index (χ0v) is 27.7. The fourth-order valence-corrected chi connectivity index (χ4v) is 7.74. The minimum absolute atomic E-state index is 0.105. The Labute approximate surface area is 273 Å². The summed E-state index contributed by atoms with van der Waals surface area (Å²) >= 11 is 0. The van der Waals surface area contributed by atoms with E-state index in [0.29, 0.717) is 37.8 Å². The molecule has 1 aromatic carbocycles. The zero-order chi connectivity index (χ0) is 33.6. The molecule has 3 fully saturated rings. The lowest BCUT2D eigenvalue weighted by atomic mass is 9.70. The molecule has 252 valence electrons. The molecule has 4 rings (SSSR count). The first-order valence-corrected chi connectivity index (χ1v) is 16.8. The molecule has 2 bridgehead atoms. The van der Waals surface area contributed by atoms with Crippen molar-refractivity contribution in [3.8, 4) is 0 Å². The molecule has 3 heterocycles. The number of amides is 3. The maximum absolute atomic E-state index is 14.5. The van der Waals surface area contributed by atoms with Crippen LogP contribution in [0.4, 0.5) is 0 Å². The number of aliphatic hydroxyl groups is 1. The van der Waals surface area contributed by atoms with Crippen molar-refractivity contribution in [2.24, 2.45) is 11.8 Å². The number of rotatable bonds is 17. The van der Waals surface area contributed by atoms with Gasteiger partial charge in [0.25, 0.3) is 0 Å². The van der Waals surface area contributed by atoms with Crippen molar-refractivity contribution in [3.05, 3.63) is 61.2 Å². The molecule has 3 saturated heterocycles. The summed E-state index contributed by atoms with van der Waals surface area (Å²) in [4.78, 5) is 59.1. The van der Waals surface area contributed by atoms with E-state index in [-0.39, 0.29) is 36.8 Å². The van der Waals surface area contributed by atoms with Crippen molar-refractivity contribution in [3.63, 3.8) is 0 Å². The molecular weight excluding hydrogens is 586 g/mol. The van der Waals surface area contributed by atoms with Crippen molar-refractivity contribution >= 4 is 23.7 Å². The highest BCUT2D eigenvalue weighted by Gasteiger charge is 2.75. The Kier molecular flexibility index (Phi) is 11.8. The number of nitrogens with zero attached hydrogens (tertiary/aromatic N) is 2. The molecule has 3 aliphatic rings. The zero-order valence-electron chi connectivity index (χ0n) is 27.7. The second-order valence-corrected chi connectivity index (χ2v) is 12.9. The molecule has 0 aromatic heterocycles. The van der Waals surface area contributed by atoms with Crippen LogP contribution in [0, 0.1) is 11.8 Å². The van der Waals surface area contributed by atoms with Crippen LogP contribution in [0.1, 0.15) is 84.3 Å². The lowest BCUT2D eigenvalue weighted by Crippen LogP contribution is -2.60. The highest BCUT2D eigenvalue weighted by Crippen LogP contribution is 2.59. The van der Waals surface area contributed by atoms with Crippen molar-refractivity contribution in [1.29, 1.82) is 0 Å². The van der Waals surface area contributed by atoms with Crippen molar-refractivity contribution in [2.45, 2.75) is 115 Å². The number of likely N-dealkylation sites (tertiary alicyclic amines) is 1. The van der Waals surface area contributed by atoms with Crippen LogP contribution in [0.5, 0.6) is 0 Å². The van der Waals surface area contributed by atoms with E-state index >= 15 is 0 Å². The van der Waals surface area contributed by atoms with E-state index < -0.39 is 53.7 Å². The van der Waals surface area contributed by atoms with Crippen molar-refractivity contribution in [2.75, 3.05) is 13.2 Å². The summed E-state index contributed by atoms with van der Waals surface area (Å²) in [6.07, 6.45) is 5.72. The number of allylic oxidation sites excluding steroid dienone is 1. The van der Waals surface area contributed by atoms with Gasteiger partial charge in [-0.2, -0.15) is 0 Å². The number of nitrogens with one attached hydrogen (secondary N) is 1. The van der Waals surface area contributed by atoms with Crippen LogP contribution in [0.15, 0.2) is 55.6 Å². The number of carbonyl (C=O) groups is 4. The van der Waals surface area contributed by atoms with Crippen LogP contribution in [0.25, 0.3) is 0 Å². The van der Waals surface area contributed by atoms with E-state index in [1.165, 1.54) is 4.90 Å². The number of hydrogen-bond acceptors (Lipinski definition) is 7. The smallest absolute Gasteiger partial charge is 0.313 e. The number of fused-ring (bicyclic) bond motifs is 1. The van der Waals surface area contributed by atoms with Gasteiger partial charge in [0.1, 0.15) is 17.7 Å². The maximum atomic E-state index is 14.5. The molecule has 1 aromatic rings. The molecule has 3 aliphatic heterocycles. The normalized spacial score (nSPS) is 27.3. The predicted molar refractivity (Wildman–Crippen MR) is 174 cm³/mol. The molecule has 0 radical (unpaired) electrons. The SMILES string of the molecule is C=CCCC(=O)N[C@@H](C)[C@H](OC(=O)[C@@H]1[C@H]2C(=O)N([C@@H](CC)CO)[C@H](C(=O)N(CC=C)C(C)CCC)[C@]23CC[C@H]1O3)c1ccccc1. The average molecular weight is 638 g/mol. The van der Waals surface area contributed by atoms with E-state index in [1.54, 1.807) is 24.0 Å². The topological polar surface area (TPSA) is 125 Å². The Morgan fingerprint density at radius 3 is 2.52 bits per heavy atom. The van der Waals surface area contributed by atoms with Gasteiger partial charge in [0.2, 0.25) is 17.7 Å². The number of hydrogen-bond donors (Lipinski definition) is 2. The van der Waals surface area contributed by atoms with E-state index in [0.717, 1.165) is 12.8 Å². The van der Waals surface area contributed by atoms with Gasteiger partial charge < -0.3 is 29.7 Å². The summed E-state index contributed by atoms with van der Waals surface area (Å²) in [6, 6.07) is 6.92. The fraction of sp³-hybridized carbons (Fsp3) is 0.611. The quantitative estimate of drug-likeness (QED) is 0.195. The Balaban J connectivity index is 1.69. The lowest BCUT2D eigenvalue weighted by Gasteiger charge is -2.40. The van der Waals surface area contributed by atoms with Gasteiger partial charge in [0, 0.05) is 19.0 Å². The summed E-state index contributed by atoms with van der Waals surface area (Å²) in [7, 11) is 0. The molecule has 3 amide bonds. The summed E-state index contributed by atoms with van der Waals surface area (Å²) in [5.74, 6) is -3.28. The second kappa shape index (κ2) is 15.4. The average Bonchev–Trinajstić information content (AvgIpc) is 3.69. The lowest BCUT2D eigenvalue weighted by molar-refractivity contribution is -0.162. The first-order chi connectivity index (χ1) is 22.1. The van der Waals surface area contributed by atoms with E-state index in [4.69, 9.17) is 9.47 Å². The minimum atomic E-state index is -1.22. The molecule has 0 saturated carbocycles. The molecule has 0 aliphatic carbocycles. The molecule has 9 atom stereocenters. The van der Waals surface area contributed by atoms with Gasteiger partial charge in [-0.25, -0.2) is 0 Å². The summed E-state index contributed by atoms with van der Waals surface area (Å²) in [6.45, 7) is 15.2. The highest BCUT2D eigenvalue weighted by atomic mass is 16.6. The van der Waals surface area contributed by atoms with Gasteiger partial charge in [0.15, 0.2) is 0 Å². The minimum Gasteiger partial charge on any atom is -0.455 e. The number of aliphatic hydroxyl groups excluding tert-OH is 1. The Hall–Kier alpha value is -3.50. The molecule has 10 nitrogen and oxygen atoms in total. The number of esters is 1. The molecule has 1 spiro atoms. The predicted octanol–water partition coefficient (Wildman–Crippen LogP) is 4.09. The molecule has 2 N–H and O–H groups in total. The van der Waals surface area contributed by atoms with E-state index in [1.807, 2.05) is 44.2 Å². The summed E-state index contributed by atoms with van der Waals surface area (Å²) in [5, 5.41) is 13.3. The molecular formula is C36H51N3O7. The molecule has 10 heteroatoms. The van der Waals surface area contributed by atoms with Gasteiger partial charge in [-0.3, -0.25) is 19.2 Å². The number of benzene rings is 1. The van der Waals surface area contributed by atoms with Crippen LogP contribution in [0.2, 0.25) is 0 Å². The van der Waals surface area contributed by atoms with Crippen LogP contribution in [0.3, 0.4) is 0 Å².